The maximum absolute atomic E-state index is 15.3. The Labute approximate surface area is 379 Å². The summed E-state index contributed by atoms with van der Waals surface area (Å²) in [5.74, 6) is -0.545. The lowest BCUT2D eigenvalue weighted by Crippen LogP contribution is -2.19. The Balaban J connectivity index is 0.000000278. The van der Waals surface area contributed by atoms with E-state index in [-0.39, 0.29) is 20.3 Å². The number of halogens is 7. The number of phenolic OH excluding ortho intramolecular Hbond substituents is 1. The molecule has 59 heavy (non-hydrogen) atoms. The van der Waals surface area contributed by atoms with E-state index in [2.05, 4.69) is 57.9 Å². The monoisotopic (exact) mass is 1030 g/mol. The van der Waals surface area contributed by atoms with E-state index < -0.39 is 17.9 Å². The number of carbonyl (C=O) groups excluding carboxylic acids is 2. The highest BCUT2D eigenvalue weighted by molar-refractivity contribution is 9.69. The second-order valence-electron chi connectivity index (χ2n) is 12.0. The summed E-state index contributed by atoms with van der Waals surface area (Å²) >= 11 is 21.4. The van der Waals surface area contributed by atoms with Gasteiger partial charge in [0.15, 0.2) is 0 Å². The molecule has 7 N–H and O–H groups in total. The number of ether oxygens (including phenoxy) is 1. The van der Waals surface area contributed by atoms with Crippen molar-refractivity contribution in [1.82, 2.24) is 0 Å². The van der Waals surface area contributed by atoms with Gasteiger partial charge in [-0.2, -0.15) is 0 Å². The predicted molar refractivity (Wildman–Crippen MR) is 251 cm³/mol. The van der Waals surface area contributed by atoms with E-state index in [1.807, 2.05) is 12.1 Å². The van der Waals surface area contributed by atoms with E-state index in [1.54, 1.807) is 110 Å². The average Bonchev–Trinajstić information content (AvgIpc) is 3.18. The summed E-state index contributed by atoms with van der Waals surface area (Å²) in [7, 11) is 1.51. The lowest BCUT2D eigenvalue weighted by molar-refractivity contribution is 0.258. The van der Waals surface area contributed by atoms with Crippen molar-refractivity contribution in [2.75, 3.05) is 17.7 Å². The number of benzene rings is 6. The first-order chi connectivity index (χ1) is 28.6. The zero-order valence-corrected chi connectivity index (χ0v) is 38.0. The molecule has 4 amide bonds. The van der Waals surface area contributed by atoms with Gasteiger partial charge in [0.1, 0.15) is 23.1 Å². The molecule has 308 valence electrons. The Kier molecular flexibility index (Phi) is 19.5. The van der Waals surface area contributed by atoms with Gasteiger partial charge in [0.05, 0.1) is 18.2 Å². The third-order valence-electron chi connectivity index (χ3n) is 8.06. The molecular formula is C43H40BBr3Cl2F2N4O4. The molecule has 0 aromatic heterocycles. The zero-order chi connectivity index (χ0) is 44.4. The van der Waals surface area contributed by atoms with Crippen LogP contribution in [0.1, 0.15) is 37.4 Å². The van der Waals surface area contributed by atoms with Gasteiger partial charge >= 0.3 is 15.2 Å². The van der Waals surface area contributed by atoms with Crippen LogP contribution in [0, 0.1) is 11.6 Å². The largest absolute Gasteiger partial charge is 0.507 e. The molecule has 16 heteroatoms. The van der Waals surface area contributed by atoms with Gasteiger partial charge in [-0.1, -0.05) is 97.7 Å². The van der Waals surface area contributed by atoms with Crippen LogP contribution in [0.25, 0.3) is 22.3 Å². The van der Waals surface area contributed by atoms with Gasteiger partial charge in [-0.15, -0.1) is 47.3 Å². The van der Waals surface area contributed by atoms with Crippen molar-refractivity contribution in [3.05, 3.63) is 165 Å². The number of carbonyl (C=O) groups is 2. The Hall–Kier alpha value is -4.60. The van der Waals surface area contributed by atoms with Crippen LogP contribution >= 0.6 is 70.5 Å². The molecule has 6 aromatic rings. The standard InChI is InChI=1S/C21H18ClFN2O2.C20H16ClFN2O2.C2H6.BBr3/c1-27-18-10-7-15(11-13-5-8-17(9-6-13)25-21(24)26)20(23)19(18)14-3-2-4-16(22)12-14;21-15-3-1-2-13(11-15)18-17(25)9-6-14(19(18)22)10-12-4-7-16(8-5-12)24-20(23)26;1-2;2-1(3)4/h2-10,12H,11H2,1H3,(H3,24,25,26);1-9,11,25H,10H2,(H3,23,24,26);1-2H3;/i;;1D;. The molecule has 0 atom stereocenters. The number of hydrogen-bond acceptors (Lipinski definition) is 4. The van der Waals surface area contributed by atoms with Crippen molar-refractivity contribution in [3.8, 4) is 33.8 Å². The molecule has 6 rings (SSSR count). The van der Waals surface area contributed by atoms with Crippen molar-refractivity contribution in [2.24, 2.45) is 11.5 Å². The number of amides is 4. The minimum atomic E-state index is -0.645. The van der Waals surface area contributed by atoms with Gasteiger partial charge in [0.2, 0.25) is 0 Å². The first-order valence-corrected chi connectivity index (χ1v) is 21.0. The van der Waals surface area contributed by atoms with Crippen LogP contribution in [0.4, 0.5) is 29.7 Å². The highest BCUT2D eigenvalue weighted by atomic mass is 79.9. The number of urea groups is 2. The van der Waals surface area contributed by atoms with Crippen LogP contribution in [-0.2, 0) is 12.8 Å². The Morgan fingerprint density at radius 1 is 0.712 bits per heavy atom. The molecule has 0 fully saturated rings. The predicted octanol–water partition coefficient (Wildman–Crippen LogP) is 13.4. The molecule has 0 bridgehead atoms. The lowest BCUT2D eigenvalue weighted by Gasteiger charge is -2.14. The number of hydrogen-bond donors (Lipinski definition) is 5. The summed E-state index contributed by atoms with van der Waals surface area (Å²) < 4.78 is 42.1. The zero-order valence-electron chi connectivity index (χ0n) is 32.7. The van der Waals surface area contributed by atoms with Crippen molar-refractivity contribution < 1.29 is 29.6 Å². The smallest absolute Gasteiger partial charge is 0.369 e. The van der Waals surface area contributed by atoms with E-state index in [0.29, 0.717) is 74.7 Å². The van der Waals surface area contributed by atoms with Crippen LogP contribution in [0.3, 0.4) is 0 Å². The fourth-order valence-electron chi connectivity index (χ4n) is 5.62. The third kappa shape index (κ3) is 15.5. The van der Waals surface area contributed by atoms with Crippen molar-refractivity contribution in [1.29, 1.82) is 0 Å². The Bertz CT molecular complexity index is 2350. The average molecular weight is 1040 g/mol. The topological polar surface area (TPSA) is 140 Å². The highest BCUT2D eigenvalue weighted by Crippen LogP contribution is 2.37. The Morgan fingerprint density at radius 2 is 1.10 bits per heavy atom. The second kappa shape index (κ2) is 24.5. The maximum Gasteiger partial charge on any atom is 0.369 e. The number of anilines is 2. The summed E-state index contributed by atoms with van der Waals surface area (Å²) in [4.78, 5) is 21.7. The van der Waals surface area contributed by atoms with E-state index in [9.17, 15) is 14.7 Å². The van der Waals surface area contributed by atoms with Gasteiger partial charge in [-0.25, -0.2) is 18.4 Å². The number of aromatic hydroxyl groups is 1. The molecule has 8 nitrogen and oxygen atoms in total. The molecule has 0 saturated carbocycles. The van der Waals surface area contributed by atoms with E-state index in [1.165, 1.54) is 13.2 Å². The SMILES string of the molecule is BrB(Br)Br.COc1ccc(Cc2ccc(NC(N)=O)cc2)c(F)c1-c1cccc(Cl)c1.NC(=O)Nc1ccc(Cc2ccc(O)c(-c3cccc(Cl)c3)c2F)cc1.[2H]CC. The molecule has 6 aromatic carbocycles. The molecule has 0 saturated heterocycles. The third-order valence-corrected chi connectivity index (χ3v) is 8.53. The normalized spacial score (nSPS) is 10.2. The summed E-state index contributed by atoms with van der Waals surface area (Å²) in [6.45, 7) is 2.29. The molecule has 0 spiro atoms. The second-order valence-corrected chi connectivity index (χ2v) is 19.3. The van der Waals surface area contributed by atoms with Gasteiger partial charge in [0, 0.05) is 35.6 Å². The highest BCUT2D eigenvalue weighted by Gasteiger charge is 2.18. The van der Waals surface area contributed by atoms with Crippen LogP contribution < -0.4 is 26.8 Å². The molecule has 0 radical (unpaired) electrons. The molecule has 0 aliphatic heterocycles. The fourth-order valence-corrected chi connectivity index (χ4v) is 6.00. The summed E-state index contributed by atoms with van der Waals surface area (Å²) in [6, 6.07) is 32.9. The number of primary amides is 2. The van der Waals surface area contributed by atoms with Gasteiger partial charge in [-0.05, 0) is 94.0 Å². The number of rotatable bonds is 9. The molecule has 0 aliphatic carbocycles. The van der Waals surface area contributed by atoms with Gasteiger partial charge < -0.3 is 31.9 Å². The molecule has 0 heterocycles. The Morgan fingerprint density at radius 3 is 1.49 bits per heavy atom. The maximum atomic E-state index is 15.3. The minimum Gasteiger partial charge on any atom is -0.507 e. The van der Waals surface area contributed by atoms with Crippen LogP contribution in [0.15, 0.2) is 121 Å². The van der Waals surface area contributed by atoms with Gasteiger partial charge in [-0.3, -0.25) is 0 Å². The van der Waals surface area contributed by atoms with Gasteiger partial charge in [0.25, 0.3) is 0 Å². The number of methoxy groups -OCH3 is 1. The fraction of sp³-hybridized carbons (Fsp3) is 0.116. The lowest BCUT2D eigenvalue weighted by atomic mass is 9.97. The number of phenols is 1. The van der Waals surface area contributed by atoms with Crippen LogP contribution in [-0.4, -0.2) is 27.5 Å². The first kappa shape index (κ1) is 47.1. The van der Waals surface area contributed by atoms with E-state index in [4.69, 9.17) is 40.8 Å². The summed E-state index contributed by atoms with van der Waals surface area (Å²) in [5, 5.41) is 16.1. The molecule has 0 unspecified atom stereocenters. The summed E-state index contributed by atoms with van der Waals surface area (Å²) in [5.41, 5.74) is 15.7. The van der Waals surface area contributed by atoms with E-state index >= 15 is 8.78 Å². The van der Waals surface area contributed by atoms with E-state index in [0.717, 1.165) is 11.1 Å². The molecule has 0 aliphatic rings. The van der Waals surface area contributed by atoms with Crippen molar-refractivity contribution in [2.45, 2.75) is 26.7 Å². The molecular weight excluding hydrogens is 996 g/mol. The first-order valence-electron chi connectivity index (χ1n) is 18.2. The van der Waals surface area contributed by atoms with Crippen LogP contribution in [0.2, 0.25) is 10.0 Å². The van der Waals surface area contributed by atoms with Crippen LogP contribution in [0.5, 0.6) is 11.5 Å². The minimum absolute atomic E-state index is 0.122. The summed E-state index contributed by atoms with van der Waals surface area (Å²) in [6.07, 6.45) is 0.719. The quantitative estimate of drug-likeness (QED) is 0.0920. The number of nitrogens with two attached hydrogens (primary N) is 2. The number of nitrogens with one attached hydrogen (secondary N) is 2. The van der Waals surface area contributed by atoms with Crippen molar-refractivity contribution in [3.63, 3.8) is 0 Å². The van der Waals surface area contributed by atoms with Crippen molar-refractivity contribution >= 4 is 97.1 Å².